The first kappa shape index (κ1) is 19.3. The SMILES string of the molecule is C=CC(=O)Nc1ccccc1CC(=O)N(CCO)Cc1cccc(F)c1. The van der Waals surface area contributed by atoms with Gasteiger partial charge in [0.2, 0.25) is 11.8 Å². The molecule has 2 aromatic carbocycles. The second kappa shape index (κ2) is 9.48. The Bertz CT molecular complexity index is 792. The Hall–Kier alpha value is -2.99. The molecular weight excluding hydrogens is 335 g/mol. The number of carbonyl (C=O) groups is 2. The van der Waals surface area contributed by atoms with Crippen molar-refractivity contribution in [3.05, 3.63) is 78.1 Å². The molecule has 0 saturated heterocycles. The van der Waals surface area contributed by atoms with Gasteiger partial charge in [0, 0.05) is 18.8 Å². The molecule has 0 aromatic heterocycles. The molecule has 0 spiro atoms. The predicted molar refractivity (Wildman–Crippen MR) is 97.9 cm³/mol. The van der Waals surface area contributed by atoms with Crippen molar-refractivity contribution >= 4 is 17.5 Å². The number of hydrogen-bond acceptors (Lipinski definition) is 3. The average molecular weight is 356 g/mol. The summed E-state index contributed by atoms with van der Waals surface area (Å²) in [5.41, 5.74) is 1.82. The summed E-state index contributed by atoms with van der Waals surface area (Å²) < 4.78 is 13.4. The van der Waals surface area contributed by atoms with Gasteiger partial charge in [0.1, 0.15) is 5.82 Å². The summed E-state index contributed by atoms with van der Waals surface area (Å²) in [5.74, 6) is -0.975. The number of rotatable bonds is 8. The highest BCUT2D eigenvalue weighted by Gasteiger charge is 2.16. The summed E-state index contributed by atoms with van der Waals surface area (Å²) in [4.78, 5) is 25.7. The largest absolute Gasteiger partial charge is 0.395 e. The van der Waals surface area contributed by atoms with E-state index in [1.807, 2.05) is 0 Å². The first-order valence-electron chi connectivity index (χ1n) is 8.18. The van der Waals surface area contributed by atoms with Gasteiger partial charge in [-0.3, -0.25) is 9.59 Å². The molecule has 2 aromatic rings. The van der Waals surface area contributed by atoms with Crippen molar-refractivity contribution < 1.29 is 19.1 Å². The van der Waals surface area contributed by atoms with E-state index >= 15 is 0 Å². The van der Waals surface area contributed by atoms with E-state index in [9.17, 15) is 19.1 Å². The Kier molecular flexibility index (Phi) is 7.05. The first-order chi connectivity index (χ1) is 12.5. The van der Waals surface area contributed by atoms with Crippen LogP contribution in [0, 0.1) is 5.82 Å². The highest BCUT2D eigenvalue weighted by molar-refractivity contribution is 5.99. The van der Waals surface area contributed by atoms with Gasteiger partial charge in [-0.05, 0) is 35.4 Å². The third-order valence-corrected chi connectivity index (χ3v) is 3.79. The summed E-state index contributed by atoms with van der Waals surface area (Å²) in [6, 6.07) is 13.0. The standard InChI is InChI=1S/C20H21FN2O3/c1-2-19(25)22-18-9-4-3-7-16(18)13-20(26)23(10-11-24)14-15-6-5-8-17(21)12-15/h2-9,12,24H,1,10-11,13-14H2,(H,22,25). The number of nitrogens with zero attached hydrogens (tertiary/aromatic N) is 1. The average Bonchev–Trinajstić information content (AvgIpc) is 2.63. The lowest BCUT2D eigenvalue weighted by atomic mass is 10.1. The number of carbonyl (C=O) groups excluding carboxylic acids is 2. The zero-order chi connectivity index (χ0) is 18.9. The smallest absolute Gasteiger partial charge is 0.247 e. The summed E-state index contributed by atoms with van der Waals surface area (Å²) >= 11 is 0. The van der Waals surface area contributed by atoms with Gasteiger partial charge in [-0.15, -0.1) is 0 Å². The molecule has 0 atom stereocenters. The Morgan fingerprint density at radius 1 is 1.19 bits per heavy atom. The summed E-state index contributed by atoms with van der Waals surface area (Å²) in [6.07, 6.45) is 1.20. The molecule has 2 amide bonds. The van der Waals surface area contributed by atoms with Crippen molar-refractivity contribution in [3.8, 4) is 0 Å². The molecule has 0 heterocycles. The van der Waals surface area contributed by atoms with Crippen molar-refractivity contribution in [2.45, 2.75) is 13.0 Å². The van der Waals surface area contributed by atoms with E-state index < -0.39 is 0 Å². The zero-order valence-electron chi connectivity index (χ0n) is 14.3. The number of benzene rings is 2. The minimum Gasteiger partial charge on any atom is -0.395 e. The van der Waals surface area contributed by atoms with Gasteiger partial charge in [0.15, 0.2) is 0 Å². The molecule has 0 aliphatic rings. The number of anilines is 1. The molecule has 0 aliphatic carbocycles. The third-order valence-electron chi connectivity index (χ3n) is 3.79. The maximum Gasteiger partial charge on any atom is 0.247 e. The quantitative estimate of drug-likeness (QED) is 0.714. The zero-order valence-corrected chi connectivity index (χ0v) is 14.3. The highest BCUT2D eigenvalue weighted by Crippen LogP contribution is 2.17. The van der Waals surface area contributed by atoms with Crippen LogP contribution in [-0.2, 0) is 22.6 Å². The van der Waals surface area contributed by atoms with Crippen molar-refractivity contribution in [2.24, 2.45) is 0 Å². The number of aliphatic hydroxyl groups excluding tert-OH is 1. The predicted octanol–water partition coefficient (Wildman–Crippen LogP) is 2.51. The molecule has 5 nitrogen and oxygen atoms in total. The van der Waals surface area contributed by atoms with Crippen LogP contribution in [0.25, 0.3) is 0 Å². The molecular formula is C20H21FN2O3. The monoisotopic (exact) mass is 356 g/mol. The highest BCUT2D eigenvalue weighted by atomic mass is 19.1. The van der Waals surface area contributed by atoms with Crippen molar-refractivity contribution in [1.29, 1.82) is 0 Å². The second-order valence-electron chi connectivity index (χ2n) is 5.70. The van der Waals surface area contributed by atoms with E-state index in [0.29, 0.717) is 16.8 Å². The van der Waals surface area contributed by atoms with E-state index in [2.05, 4.69) is 11.9 Å². The molecule has 0 unspecified atom stereocenters. The number of para-hydroxylation sites is 1. The number of halogens is 1. The Labute approximate surface area is 151 Å². The molecule has 0 saturated carbocycles. The van der Waals surface area contributed by atoms with E-state index in [0.717, 1.165) is 6.08 Å². The Balaban J connectivity index is 2.15. The van der Waals surface area contributed by atoms with Crippen molar-refractivity contribution in [1.82, 2.24) is 4.90 Å². The van der Waals surface area contributed by atoms with Crippen LogP contribution in [0.5, 0.6) is 0 Å². The van der Waals surface area contributed by atoms with E-state index in [1.165, 1.54) is 17.0 Å². The number of nitrogens with one attached hydrogen (secondary N) is 1. The fourth-order valence-electron chi connectivity index (χ4n) is 2.52. The van der Waals surface area contributed by atoms with Crippen LogP contribution in [0.15, 0.2) is 61.2 Å². The topological polar surface area (TPSA) is 69.6 Å². The molecule has 6 heteroatoms. The fourth-order valence-corrected chi connectivity index (χ4v) is 2.52. The Morgan fingerprint density at radius 3 is 2.65 bits per heavy atom. The third kappa shape index (κ3) is 5.53. The minimum atomic E-state index is -0.378. The lowest BCUT2D eigenvalue weighted by Crippen LogP contribution is -2.34. The van der Waals surface area contributed by atoms with Gasteiger partial charge in [-0.2, -0.15) is 0 Å². The van der Waals surface area contributed by atoms with Gasteiger partial charge in [0.25, 0.3) is 0 Å². The number of aliphatic hydroxyl groups is 1. The van der Waals surface area contributed by atoms with Crippen LogP contribution >= 0.6 is 0 Å². The maximum atomic E-state index is 13.4. The van der Waals surface area contributed by atoms with Gasteiger partial charge in [-0.1, -0.05) is 36.9 Å². The van der Waals surface area contributed by atoms with E-state index in [4.69, 9.17) is 0 Å². The summed E-state index contributed by atoms with van der Waals surface area (Å²) in [7, 11) is 0. The number of hydrogen-bond donors (Lipinski definition) is 2. The lowest BCUT2D eigenvalue weighted by Gasteiger charge is -2.22. The minimum absolute atomic E-state index is 0.0446. The molecule has 26 heavy (non-hydrogen) atoms. The van der Waals surface area contributed by atoms with Crippen LogP contribution < -0.4 is 5.32 Å². The van der Waals surface area contributed by atoms with Crippen LogP contribution in [0.1, 0.15) is 11.1 Å². The Morgan fingerprint density at radius 2 is 1.96 bits per heavy atom. The maximum absolute atomic E-state index is 13.4. The summed E-state index contributed by atoms with van der Waals surface area (Å²) in [6.45, 7) is 3.54. The lowest BCUT2D eigenvalue weighted by molar-refractivity contribution is -0.131. The van der Waals surface area contributed by atoms with Crippen LogP contribution in [0.4, 0.5) is 10.1 Å². The van der Waals surface area contributed by atoms with Gasteiger partial charge in [-0.25, -0.2) is 4.39 Å². The molecule has 0 radical (unpaired) electrons. The van der Waals surface area contributed by atoms with Crippen LogP contribution in [-0.4, -0.2) is 35.0 Å². The molecule has 136 valence electrons. The number of amides is 2. The fraction of sp³-hybridized carbons (Fsp3) is 0.200. The van der Waals surface area contributed by atoms with Crippen molar-refractivity contribution in [3.63, 3.8) is 0 Å². The molecule has 0 bridgehead atoms. The molecule has 2 rings (SSSR count). The van der Waals surface area contributed by atoms with Crippen LogP contribution in [0.2, 0.25) is 0 Å². The second-order valence-corrected chi connectivity index (χ2v) is 5.70. The van der Waals surface area contributed by atoms with Gasteiger partial charge in [0.05, 0.1) is 13.0 Å². The molecule has 0 aliphatic heterocycles. The van der Waals surface area contributed by atoms with Crippen molar-refractivity contribution in [2.75, 3.05) is 18.5 Å². The van der Waals surface area contributed by atoms with E-state index in [1.54, 1.807) is 36.4 Å². The van der Waals surface area contributed by atoms with Gasteiger partial charge >= 0.3 is 0 Å². The summed E-state index contributed by atoms with van der Waals surface area (Å²) in [5, 5.41) is 11.9. The molecule has 2 N–H and O–H groups in total. The van der Waals surface area contributed by atoms with Crippen LogP contribution in [0.3, 0.4) is 0 Å². The first-order valence-corrected chi connectivity index (χ1v) is 8.18. The van der Waals surface area contributed by atoms with E-state index in [-0.39, 0.29) is 43.7 Å². The molecule has 0 fully saturated rings. The van der Waals surface area contributed by atoms with Gasteiger partial charge < -0.3 is 15.3 Å². The normalized spacial score (nSPS) is 10.2.